The number of phenolic OH excluding ortho intramolecular Hbond substituents is 1. The fourth-order valence-electron chi connectivity index (χ4n) is 4.38. The highest BCUT2D eigenvalue weighted by molar-refractivity contribution is 7.90. The number of anilines is 1. The van der Waals surface area contributed by atoms with E-state index in [4.69, 9.17) is 0 Å². The van der Waals surface area contributed by atoms with Crippen LogP contribution < -0.4 is 5.32 Å². The fraction of sp³-hybridized carbons (Fsp3) is 0.290. The minimum absolute atomic E-state index is 0.198. The molecular weight excluding hydrogens is 510 g/mol. The van der Waals surface area contributed by atoms with Gasteiger partial charge in [-0.25, -0.2) is 13.1 Å². The van der Waals surface area contributed by atoms with Crippen LogP contribution in [0.15, 0.2) is 77.7 Å². The molecule has 0 aliphatic carbocycles. The number of carbonyl (C=O) groups excluding carboxylic acids is 1. The lowest BCUT2D eigenvalue weighted by molar-refractivity contribution is 0.102. The number of nitrogens with zero attached hydrogens (tertiary/aromatic N) is 2. The first-order valence-electron chi connectivity index (χ1n) is 12.7. The third-order valence-corrected chi connectivity index (χ3v) is 7.63. The Morgan fingerprint density at radius 1 is 0.846 bits per heavy atom. The zero-order chi connectivity index (χ0) is 28.8. The number of benzene rings is 3. The van der Waals surface area contributed by atoms with E-state index in [2.05, 4.69) is 10.4 Å². The van der Waals surface area contributed by atoms with Gasteiger partial charge in [-0.2, -0.15) is 5.10 Å². The Kier molecular flexibility index (Phi) is 7.21. The molecular formula is C31H35N3O4S. The van der Waals surface area contributed by atoms with Crippen LogP contribution in [0.4, 0.5) is 5.69 Å². The Morgan fingerprint density at radius 3 is 1.87 bits per heavy atom. The molecule has 0 saturated heterocycles. The highest BCUT2D eigenvalue weighted by Gasteiger charge is 2.27. The summed E-state index contributed by atoms with van der Waals surface area (Å²) in [7, 11) is -3.35. The molecule has 0 aliphatic heterocycles. The number of nitrogens with one attached hydrogen (secondary N) is 1. The molecule has 0 unspecified atom stereocenters. The van der Waals surface area contributed by atoms with Crippen molar-refractivity contribution < 1.29 is 18.3 Å². The quantitative estimate of drug-likeness (QED) is 0.279. The van der Waals surface area contributed by atoms with Crippen molar-refractivity contribution in [3.63, 3.8) is 0 Å². The number of aromatic hydroxyl groups is 1. The molecule has 2 N–H and O–H groups in total. The summed E-state index contributed by atoms with van der Waals surface area (Å²) >= 11 is 0. The first-order chi connectivity index (χ1) is 18.1. The Hall–Kier alpha value is -3.91. The fourth-order valence-corrected chi connectivity index (χ4v) is 5.01. The average Bonchev–Trinajstić information content (AvgIpc) is 3.29. The van der Waals surface area contributed by atoms with Crippen LogP contribution in [-0.4, -0.2) is 35.5 Å². The molecule has 3 aromatic carbocycles. The molecule has 1 aromatic heterocycles. The maximum atomic E-state index is 13.5. The van der Waals surface area contributed by atoms with Gasteiger partial charge in [-0.15, -0.1) is 0 Å². The first-order valence-corrected chi connectivity index (χ1v) is 14.6. The Balaban J connectivity index is 1.78. The molecule has 7 nitrogen and oxygen atoms in total. The molecule has 4 rings (SSSR count). The summed E-state index contributed by atoms with van der Waals surface area (Å²) in [6.45, 7) is 12.1. The van der Waals surface area contributed by atoms with E-state index in [-0.39, 0.29) is 27.2 Å². The van der Waals surface area contributed by atoms with Gasteiger partial charge in [0.1, 0.15) is 5.75 Å². The van der Waals surface area contributed by atoms with Crippen LogP contribution in [0.25, 0.3) is 16.9 Å². The second-order valence-electron chi connectivity index (χ2n) is 11.8. The largest absolute Gasteiger partial charge is 0.507 e. The molecule has 0 bridgehead atoms. The predicted molar refractivity (Wildman–Crippen MR) is 156 cm³/mol. The van der Waals surface area contributed by atoms with Crippen molar-refractivity contribution in [2.45, 2.75) is 57.3 Å². The minimum Gasteiger partial charge on any atom is -0.507 e. The van der Waals surface area contributed by atoms with E-state index in [1.54, 1.807) is 22.9 Å². The van der Waals surface area contributed by atoms with Gasteiger partial charge in [0, 0.05) is 28.6 Å². The van der Waals surface area contributed by atoms with Crippen LogP contribution in [0, 0.1) is 0 Å². The molecule has 39 heavy (non-hydrogen) atoms. The van der Waals surface area contributed by atoms with Gasteiger partial charge in [0.2, 0.25) is 0 Å². The number of aromatic nitrogens is 2. The van der Waals surface area contributed by atoms with Crippen LogP contribution in [0.5, 0.6) is 5.75 Å². The molecule has 204 valence electrons. The lowest BCUT2D eigenvalue weighted by Crippen LogP contribution is -2.19. The van der Waals surface area contributed by atoms with Crippen molar-refractivity contribution in [1.29, 1.82) is 0 Å². The van der Waals surface area contributed by atoms with Crippen molar-refractivity contribution in [3.8, 4) is 22.7 Å². The van der Waals surface area contributed by atoms with Gasteiger partial charge < -0.3 is 10.4 Å². The summed E-state index contributed by atoms with van der Waals surface area (Å²) in [6, 6.07) is 21.3. The van der Waals surface area contributed by atoms with Crippen LogP contribution >= 0.6 is 0 Å². The van der Waals surface area contributed by atoms with Gasteiger partial charge >= 0.3 is 0 Å². The number of hydrogen-bond acceptors (Lipinski definition) is 5. The monoisotopic (exact) mass is 545 g/mol. The molecule has 1 amide bonds. The SMILES string of the molecule is CC(C)(C)c1cc(NC(=O)c2cc(-c3ccccc3)n(-c3ccc(S(C)(=O)=O)cc3)n2)cc(C(C)(C)C)c1O. The topological polar surface area (TPSA) is 101 Å². The first kappa shape index (κ1) is 28.1. The summed E-state index contributed by atoms with van der Waals surface area (Å²) < 4.78 is 25.5. The molecule has 0 spiro atoms. The standard InChI is InChI=1S/C31H35N3O4S/c1-30(2,3)24-17-21(18-25(28(24)35)31(4,5)6)32-29(36)26-19-27(20-11-9-8-10-12-20)34(33-26)22-13-15-23(16-14-22)39(7,37)38/h8-19,35H,1-7H3,(H,32,36). The second-order valence-corrected chi connectivity index (χ2v) is 13.8. The maximum Gasteiger partial charge on any atom is 0.276 e. The van der Waals surface area contributed by atoms with Gasteiger partial charge in [0.05, 0.1) is 16.3 Å². The summed E-state index contributed by atoms with van der Waals surface area (Å²) in [5.41, 5.74) is 3.73. The number of sulfone groups is 1. The van der Waals surface area contributed by atoms with Gasteiger partial charge in [0.25, 0.3) is 5.91 Å². The molecule has 8 heteroatoms. The molecule has 0 radical (unpaired) electrons. The summed E-state index contributed by atoms with van der Waals surface area (Å²) in [6.07, 6.45) is 1.16. The molecule has 4 aromatic rings. The summed E-state index contributed by atoms with van der Waals surface area (Å²) in [5, 5.41) is 18.6. The third kappa shape index (κ3) is 6.06. The number of rotatable bonds is 5. The minimum atomic E-state index is -3.35. The van der Waals surface area contributed by atoms with E-state index in [0.29, 0.717) is 17.1 Å². The summed E-state index contributed by atoms with van der Waals surface area (Å²) in [4.78, 5) is 13.7. The van der Waals surface area contributed by atoms with E-state index in [0.717, 1.165) is 22.9 Å². The number of carbonyl (C=O) groups is 1. The highest BCUT2D eigenvalue weighted by atomic mass is 32.2. The van der Waals surface area contributed by atoms with Gasteiger partial charge in [0.15, 0.2) is 15.5 Å². The Labute approximate surface area is 230 Å². The average molecular weight is 546 g/mol. The lowest BCUT2D eigenvalue weighted by atomic mass is 9.79. The van der Waals surface area contributed by atoms with Crippen molar-refractivity contribution in [2.75, 3.05) is 11.6 Å². The maximum absolute atomic E-state index is 13.5. The molecule has 1 heterocycles. The van der Waals surface area contributed by atoms with E-state index in [1.807, 2.05) is 84.0 Å². The number of amides is 1. The van der Waals surface area contributed by atoms with Crippen molar-refractivity contribution in [3.05, 3.63) is 89.6 Å². The molecule has 0 fully saturated rings. The van der Waals surface area contributed by atoms with Gasteiger partial charge in [-0.3, -0.25) is 4.79 Å². The van der Waals surface area contributed by atoms with Crippen LogP contribution in [0.3, 0.4) is 0 Å². The van der Waals surface area contributed by atoms with Gasteiger partial charge in [-0.1, -0.05) is 71.9 Å². The van der Waals surface area contributed by atoms with Crippen LogP contribution in [0.2, 0.25) is 0 Å². The van der Waals surface area contributed by atoms with Crippen molar-refractivity contribution >= 4 is 21.4 Å². The van der Waals surface area contributed by atoms with E-state index < -0.39 is 15.7 Å². The van der Waals surface area contributed by atoms with E-state index >= 15 is 0 Å². The van der Waals surface area contributed by atoms with Gasteiger partial charge in [-0.05, 0) is 53.3 Å². The zero-order valence-corrected chi connectivity index (χ0v) is 24.2. The lowest BCUT2D eigenvalue weighted by Gasteiger charge is -2.28. The molecule has 0 aliphatic rings. The Morgan fingerprint density at radius 2 is 1.38 bits per heavy atom. The van der Waals surface area contributed by atoms with E-state index in [1.165, 1.54) is 12.1 Å². The normalized spacial score (nSPS) is 12.4. The Bertz CT molecular complexity index is 1590. The van der Waals surface area contributed by atoms with Crippen LogP contribution in [-0.2, 0) is 20.7 Å². The van der Waals surface area contributed by atoms with E-state index in [9.17, 15) is 18.3 Å². The second kappa shape index (κ2) is 10.0. The van der Waals surface area contributed by atoms with Crippen molar-refractivity contribution in [1.82, 2.24) is 9.78 Å². The van der Waals surface area contributed by atoms with Crippen molar-refractivity contribution in [2.24, 2.45) is 0 Å². The predicted octanol–water partition coefficient (Wildman–Crippen LogP) is 6.50. The smallest absolute Gasteiger partial charge is 0.276 e. The number of phenols is 1. The zero-order valence-electron chi connectivity index (χ0n) is 23.4. The highest BCUT2D eigenvalue weighted by Crippen LogP contribution is 2.41. The summed E-state index contributed by atoms with van der Waals surface area (Å²) in [5.74, 6) is -0.162. The molecule has 0 saturated carbocycles. The number of hydrogen-bond donors (Lipinski definition) is 2. The molecule has 0 atom stereocenters. The third-order valence-electron chi connectivity index (χ3n) is 6.50. The van der Waals surface area contributed by atoms with Crippen LogP contribution in [0.1, 0.15) is 63.2 Å².